The van der Waals surface area contributed by atoms with Crippen LogP contribution < -0.4 is 5.32 Å². The number of hydrogen-bond donors (Lipinski definition) is 1. The molecule has 1 rings (SSSR count). The fourth-order valence-corrected chi connectivity index (χ4v) is 1.02. The van der Waals surface area contributed by atoms with Gasteiger partial charge in [0.25, 0.3) is 0 Å². The van der Waals surface area contributed by atoms with E-state index in [9.17, 15) is 4.79 Å². The smallest absolute Gasteiger partial charge is 0.243 e. The number of aromatic nitrogens is 3. The number of carbonyl (C=O) groups excluding carboxylic acids is 1. The Hall–Kier alpha value is -1.65. The minimum Gasteiger partial charge on any atom is -0.343 e. The molecular weight excluding hydrogens is 168 g/mol. The molecule has 0 fully saturated rings. The Kier molecular flexibility index (Phi) is 2.79. The van der Waals surface area contributed by atoms with Crippen LogP contribution in [0.4, 0.5) is 0 Å². The number of nitrogens with one attached hydrogen (secondary N) is 1. The zero-order chi connectivity index (χ0) is 9.84. The molecule has 1 amide bonds. The van der Waals surface area contributed by atoms with Crippen LogP contribution >= 0.6 is 0 Å². The number of amides is 1. The van der Waals surface area contributed by atoms with Gasteiger partial charge in [0.05, 0.1) is 6.04 Å². The van der Waals surface area contributed by atoms with Gasteiger partial charge >= 0.3 is 0 Å². The molecule has 5 nitrogen and oxygen atoms in total. The third-order valence-corrected chi connectivity index (χ3v) is 1.68. The van der Waals surface area contributed by atoms with E-state index < -0.39 is 0 Å². The molecule has 0 aliphatic carbocycles. The van der Waals surface area contributed by atoms with E-state index in [0.29, 0.717) is 0 Å². The second-order valence-corrected chi connectivity index (χ2v) is 2.73. The van der Waals surface area contributed by atoms with Gasteiger partial charge in [0, 0.05) is 7.05 Å². The average Bonchev–Trinajstić information content (AvgIpc) is 2.51. The Morgan fingerprint density at radius 3 is 3.00 bits per heavy atom. The van der Waals surface area contributed by atoms with Crippen molar-refractivity contribution in [1.29, 1.82) is 0 Å². The molecule has 1 heterocycles. The lowest BCUT2D eigenvalue weighted by Crippen LogP contribution is -2.26. The van der Waals surface area contributed by atoms with Gasteiger partial charge < -0.3 is 9.88 Å². The summed E-state index contributed by atoms with van der Waals surface area (Å²) in [6.45, 7) is 5.20. The van der Waals surface area contributed by atoms with Crippen LogP contribution in [0.15, 0.2) is 19.0 Å². The predicted octanol–water partition coefficient (Wildman–Crippen LogP) is 0.178. The first-order valence-electron chi connectivity index (χ1n) is 3.92. The van der Waals surface area contributed by atoms with Gasteiger partial charge in [-0.2, -0.15) is 0 Å². The number of carbonyl (C=O) groups is 1. The maximum Gasteiger partial charge on any atom is 0.243 e. The first-order valence-corrected chi connectivity index (χ1v) is 3.92. The average molecular weight is 180 g/mol. The molecule has 0 aliphatic rings. The van der Waals surface area contributed by atoms with Crippen LogP contribution in [-0.2, 0) is 11.8 Å². The van der Waals surface area contributed by atoms with Gasteiger partial charge in [-0.15, -0.1) is 10.2 Å². The number of rotatable bonds is 3. The van der Waals surface area contributed by atoms with Crippen LogP contribution in [0.5, 0.6) is 0 Å². The van der Waals surface area contributed by atoms with Crippen molar-refractivity contribution in [2.45, 2.75) is 13.0 Å². The van der Waals surface area contributed by atoms with Gasteiger partial charge in [0.2, 0.25) is 5.91 Å². The molecule has 1 unspecified atom stereocenters. The van der Waals surface area contributed by atoms with E-state index in [1.165, 1.54) is 6.08 Å². The van der Waals surface area contributed by atoms with Gasteiger partial charge in [-0.1, -0.05) is 6.58 Å². The van der Waals surface area contributed by atoms with Gasteiger partial charge in [0.1, 0.15) is 6.33 Å². The Balaban J connectivity index is 2.68. The predicted molar refractivity (Wildman–Crippen MR) is 47.8 cm³/mol. The fourth-order valence-electron chi connectivity index (χ4n) is 1.02. The summed E-state index contributed by atoms with van der Waals surface area (Å²) in [7, 11) is 1.83. The summed E-state index contributed by atoms with van der Waals surface area (Å²) < 4.78 is 1.76. The highest BCUT2D eigenvalue weighted by atomic mass is 16.1. The maximum absolute atomic E-state index is 10.9. The molecule has 0 saturated heterocycles. The molecule has 13 heavy (non-hydrogen) atoms. The Morgan fingerprint density at radius 2 is 2.54 bits per heavy atom. The minimum atomic E-state index is -0.212. The normalized spacial score (nSPS) is 12.2. The van der Waals surface area contributed by atoms with E-state index in [2.05, 4.69) is 22.1 Å². The molecule has 0 bridgehead atoms. The number of hydrogen-bond acceptors (Lipinski definition) is 3. The first kappa shape index (κ1) is 9.44. The Bertz CT molecular complexity index is 318. The third-order valence-electron chi connectivity index (χ3n) is 1.68. The second kappa shape index (κ2) is 3.84. The highest BCUT2D eigenvalue weighted by Crippen LogP contribution is 2.06. The van der Waals surface area contributed by atoms with Crippen molar-refractivity contribution in [2.75, 3.05) is 0 Å². The molecule has 5 heteroatoms. The molecule has 0 radical (unpaired) electrons. The van der Waals surface area contributed by atoms with E-state index in [0.717, 1.165) is 5.82 Å². The van der Waals surface area contributed by atoms with Crippen molar-refractivity contribution in [3.05, 3.63) is 24.8 Å². The van der Waals surface area contributed by atoms with E-state index in [1.807, 2.05) is 14.0 Å². The molecule has 0 spiro atoms. The topological polar surface area (TPSA) is 59.8 Å². The van der Waals surface area contributed by atoms with Crippen molar-refractivity contribution in [1.82, 2.24) is 20.1 Å². The molecule has 70 valence electrons. The van der Waals surface area contributed by atoms with E-state index in [-0.39, 0.29) is 11.9 Å². The summed E-state index contributed by atoms with van der Waals surface area (Å²) in [5, 5.41) is 10.3. The quantitative estimate of drug-likeness (QED) is 0.675. The van der Waals surface area contributed by atoms with Gasteiger partial charge in [-0.3, -0.25) is 4.79 Å². The van der Waals surface area contributed by atoms with E-state index >= 15 is 0 Å². The van der Waals surface area contributed by atoms with Gasteiger partial charge in [0.15, 0.2) is 5.82 Å². The Morgan fingerprint density at radius 1 is 1.85 bits per heavy atom. The van der Waals surface area contributed by atoms with Crippen LogP contribution in [0.3, 0.4) is 0 Å². The molecular formula is C8H12N4O. The lowest BCUT2D eigenvalue weighted by Gasteiger charge is -2.10. The lowest BCUT2D eigenvalue weighted by molar-refractivity contribution is -0.117. The third kappa shape index (κ3) is 2.14. The Labute approximate surface area is 76.5 Å². The maximum atomic E-state index is 10.9. The van der Waals surface area contributed by atoms with Crippen molar-refractivity contribution in [3.8, 4) is 0 Å². The minimum absolute atomic E-state index is 0.155. The summed E-state index contributed by atoms with van der Waals surface area (Å²) >= 11 is 0. The summed E-state index contributed by atoms with van der Waals surface area (Å²) in [6, 6.07) is -0.155. The molecule has 1 N–H and O–H groups in total. The summed E-state index contributed by atoms with van der Waals surface area (Å²) in [6.07, 6.45) is 2.82. The highest BCUT2D eigenvalue weighted by molar-refractivity contribution is 5.87. The number of nitrogens with zero attached hydrogens (tertiary/aromatic N) is 3. The van der Waals surface area contributed by atoms with Crippen LogP contribution in [-0.4, -0.2) is 20.7 Å². The standard InChI is InChI=1S/C8H12N4O/c1-4-7(13)10-6(2)8-11-9-5-12(8)3/h4-6H,1H2,2-3H3,(H,10,13). The molecule has 0 saturated carbocycles. The zero-order valence-corrected chi connectivity index (χ0v) is 7.69. The van der Waals surface area contributed by atoms with Crippen molar-refractivity contribution in [2.24, 2.45) is 7.05 Å². The van der Waals surface area contributed by atoms with Gasteiger partial charge in [-0.25, -0.2) is 0 Å². The van der Waals surface area contributed by atoms with E-state index in [4.69, 9.17) is 0 Å². The van der Waals surface area contributed by atoms with Crippen LogP contribution in [0.1, 0.15) is 18.8 Å². The van der Waals surface area contributed by atoms with Crippen LogP contribution in [0.2, 0.25) is 0 Å². The highest BCUT2D eigenvalue weighted by Gasteiger charge is 2.11. The molecule has 1 aromatic rings. The van der Waals surface area contributed by atoms with Crippen molar-refractivity contribution >= 4 is 5.91 Å². The molecule has 1 atom stereocenters. The largest absolute Gasteiger partial charge is 0.343 e. The molecule has 0 aromatic carbocycles. The fraction of sp³-hybridized carbons (Fsp3) is 0.375. The van der Waals surface area contributed by atoms with Crippen LogP contribution in [0, 0.1) is 0 Å². The molecule has 1 aromatic heterocycles. The summed E-state index contributed by atoms with van der Waals surface area (Å²) in [5.74, 6) is 0.505. The summed E-state index contributed by atoms with van der Waals surface area (Å²) in [5.41, 5.74) is 0. The van der Waals surface area contributed by atoms with E-state index in [1.54, 1.807) is 10.9 Å². The van der Waals surface area contributed by atoms with Crippen LogP contribution in [0.25, 0.3) is 0 Å². The number of aryl methyl sites for hydroxylation is 1. The first-order chi connectivity index (χ1) is 6.15. The SMILES string of the molecule is C=CC(=O)NC(C)c1nncn1C. The monoisotopic (exact) mass is 180 g/mol. The second-order valence-electron chi connectivity index (χ2n) is 2.73. The van der Waals surface area contributed by atoms with Crippen molar-refractivity contribution in [3.63, 3.8) is 0 Å². The lowest BCUT2D eigenvalue weighted by atomic mass is 10.3. The molecule has 0 aliphatic heterocycles. The van der Waals surface area contributed by atoms with Gasteiger partial charge in [-0.05, 0) is 13.0 Å². The zero-order valence-electron chi connectivity index (χ0n) is 7.69. The summed E-state index contributed by atoms with van der Waals surface area (Å²) in [4.78, 5) is 10.9. The van der Waals surface area contributed by atoms with Crippen molar-refractivity contribution < 1.29 is 4.79 Å².